The Bertz CT molecular complexity index is 1070. The number of nitrogens with zero attached hydrogens (tertiary/aromatic N) is 4. The van der Waals surface area contributed by atoms with Crippen LogP contribution in [0.15, 0.2) is 65.8 Å². The lowest BCUT2D eigenvalue weighted by atomic mass is 10.1. The van der Waals surface area contributed by atoms with Gasteiger partial charge in [0.25, 0.3) is 0 Å². The lowest BCUT2D eigenvalue weighted by Crippen LogP contribution is -2.30. The molecule has 0 radical (unpaired) electrons. The largest absolute Gasteiger partial charge is 0.367 e. The molecule has 1 aliphatic rings. The van der Waals surface area contributed by atoms with E-state index < -0.39 is 10.0 Å². The first kappa shape index (κ1) is 19.7. The molecule has 1 aliphatic heterocycles. The molecule has 0 N–H and O–H groups in total. The summed E-state index contributed by atoms with van der Waals surface area (Å²) >= 11 is 0. The van der Waals surface area contributed by atoms with E-state index in [1.54, 1.807) is 12.3 Å². The summed E-state index contributed by atoms with van der Waals surface area (Å²) in [5.41, 5.74) is 4.48. The SMILES string of the molecule is CCN(CC)S(=O)(=O)c1ccc2c(c1)CCN2Cc1ccc(-n2cccn2)cc1. The maximum absolute atomic E-state index is 12.8. The summed E-state index contributed by atoms with van der Waals surface area (Å²) in [5, 5.41) is 4.26. The summed E-state index contributed by atoms with van der Waals surface area (Å²) < 4.78 is 28.9. The van der Waals surface area contributed by atoms with Gasteiger partial charge in [0.15, 0.2) is 0 Å². The Labute approximate surface area is 172 Å². The Morgan fingerprint density at radius 1 is 1.07 bits per heavy atom. The smallest absolute Gasteiger partial charge is 0.243 e. The van der Waals surface area contributed by atoms with Gasteiger partial charge in [0.1, 0.15) is 0 Å². The lowest BCUT2D eigenvalue weighted by molar-refractivity contribution is 0.445. The molecule has 29 heavy (non-hydrogen) atoms. The van der Waals surface area contributed by atoms with Crippen molar-refractivity contribution in [2.24, 2.45) is 0 Å². The fourth-order valence-electron chi connectivity index (χ4n) is 3.88. The van der Waals surface area contributed by atoms with Gasteiger partial charge in [0.05, 0.1) is 10.6 Å². The van der Waals surface area contributed by atoms with Crippen molar-refractivity contribution in [3.8, 4) is 5.69 Å². The van der Waals surface area contributed by atoms with Crippen LogP contribution in [0.2, 0.25) is 0 Å². The maximum Gasteiger partial charge on any atom is 0.243 e. The van der Waals surface area contributed by atoms with Crippen molar-refractivity contribution in [3.05, 3.63) is 72.1 Å². The zero-order chi connectivity index (χ0) is 20.4. The first-order chi connectivity index (χ1) is 14.0. The van der Waals surface area contributed by atoms with E-state index >= 15 is 0 Å². The number of rotatable bonds is 7. The molecule has 6 nitrogen and oxygen atoms in total. The molecule has 4 rings (SSSR count). The molecule has 152 valence electrons. The molecule has 0 saturated carbocycles. The van der Waals surface area contributed by atoms with Crippen LogP contribution in [0.1, 0.15) is 25.0 Å². The number of fused-ring (bicyclic) bond motifs is 1. The minimum Gasteiger partial charge on any atom is -0.367 e. The van der Waals surface area contributed by atoms with E-state index in [4.69, 9.17) is 0 Å². The minimum atomic E-state index is -3.42. The van der Waals surface area contributed by atoms with E-state index in [-0.39, 0.29) is 0 Å². The second-order valence-corrected chi connectivity index (χ2v) is 9.11. The molecular formula is C22H26N4O2S. The van der Waals surface area contributed by atoms with Gasteiger partial charge in [-0.05, 0) is 53.9 Å². The number of aromatic nitrogens is 2. The number of hydrogen-bond donors (Lipinski definition) is 0. The third kappa shape index (κ3) is 3.80. The predicted molar refractivity (Wildman–Crippen MR) is 115 cm³/mol. The van der Waals surface area contributed by atoms with Crippen LogP contribution in [0.5, 0.6) is 0 Å². The van der Waals surface area contributed by atoms with Gasteiger partial charge in [-0.15, -0.1) is 0 Å². The predicted octanol–water partition coefficient (Wildman–Crippen LogP) is 3.47. The van der Waals surface area contributed by atoms with E-state index in [2.05, 4.69) is 34.3 Å². The highest BCUT2D eigenvalue weighted by Crippen LogP contribution is 2.32. The van der Waals surface area contributed by atoms with E-state index in [1.807, 2.05) is 42.9 Å². The summed E-state index contributed by atoms with van der Waals surface area (Å²) in [6, 6.07) is 15.8. The Hall–Kier alpha value is -2.64. The molecule has 7 heteroatoms. The molecule has 0 atom stereocenters. The summed E-state index contributed by atoms with van der Waals surface area (Å²) in [5.74, 6) is 0. The fourth-order valence-corrected chi connectivity index (χ4v) is 5.39. The van der Waals surface area contributed by atoms with E-state index in [1.165, 1.54) is 9.87 Å². The highest BCUT2D eigenvalue weighted by atomic mass is 32.2. The van der Waals surface area contributed by atoms with Crippen molar-refractivity contribution in [1.82, 2.24) is 14.1 Å². The first-order valence-corrected chi connectivity index (χ1v) is 11.4. The van der Waals surface area contributed by atoms with Crippen LogP contribution in [0, 0.1) is 0 Å². The molecule has 0 spiro atoms. The lowest BCUT2D eigenvalue weighted by Gasteiger charge is -2.21. The van der Waals surface area contributed by atoms with Gasteiger partial charge in [-0.3, -0.25) is 0 Å². The minimum absolute atomic E-state index is 0.394. The number of hydrogen-bond acceptors (Lipinski definition) is 4. The van der Waals surface area contributed by atoms with Gasteiger partial charge in [0.2, 0.25) is 10.0 Å². The highest BCUT2D eigenvalue weighted by molar-refractivity contribution is 7.89. The highest BCUT2D eigenvalue weighted by Gasteiger charge is 2.25. The summed E-state index contributed by atoms with van der Waals surface area (Å²) in [6.45, 7) is 6.40. The summed E-state index contributed by atoms with van der Waals surface area (Å²) in [7, 11) is -3.42. The molecule has 0 amide bonds. The van der Waals surface area contributed by atoms with Crippen LogP contribution in [0.4, 0.5) is 5.69 Å². The molecular weight excluding hydrogens is 384 g/mol. The second kappa shape index (κ2) is 8.00. The molecule has 2 aromatic carbocycles. The van der Waals surface area contributed by atoms with Crippen LogP contribution in [0.25, 0.3) is 5.69 Å². The van der Waals surface area contributed by atoms with Gasteiger partial charge in [-0.1, -0.05) is 26.0 Å². The van der Waals surface area contributed by atoms with Crippen LogP contribution in [-0.2, 0) is 23.0 Å². The number of anilines is 1. The summed E-state index contributed by atoms with van der Waals surface area (Å²) in [4.78, 5) is 2.71. The average Bonchev–Trinajstić information content (AvgIpc) is 3.39. The van der Waals surface area contributed by atoms with Crippen molar-refractivity contribution in [1.29, 1.82) is 0 Å². The van der Waals surface area contributed by atoms with E-state index in [0.717, 1.165) is 36.4 Å². The Kier molecular flexibility index (Phi) is 5.43. The van der Waals surface area contributed by atoms with Crippen molar-refractivity contribution in [3.63, 3.8) is 0 Å². The third-order valence-corrected chi connectivity index (χ3v) is 7.51. The van der Waals surface area contributed by atoms with Crippen molar-refractivity contribution in [2.75, 3.05) is 24.5 Å². The molecule has 0 unspecified atom stereocenters. The topological polar surface area (TPSA) is 58.4 Å². The van der Waals surface area contributed by atoms with E-state index in [0.29, 0.717) is 18.0 Å². The zero-order valence-corrected chi connectivity index (χ0v) is 17.6. The van der Waals surface area contributed by atoms with Crippen molar-refractivity contribution >= 4 is 15.7 Å². The van der Waals surface area contributed by atoms with E-state index in [9.17, 15) is 8.42 Å². The molecule has 3 aromatic rings. The average molecular weight is 411 g/mol. The van der Waals surface area contributed by atoms with Gasteiger partial charge in [-0.2, -0.15) is 9.40 Å². The van der Waals surface area contributed by atoms with Gasteiger partial charge < -0.3 is 4.90 Å². The Balaban J connectivity index is 1.52. The Morgan fingerprint density at radius 2 is 1.83 bits per heavy atom. The normalized spacial score (nSPS) is 13.8. The summed E-state index contributed by atoms with van der Waals surface area (Å²) in [6.07, 6.45) is 4.56. The van der Waals surface area contributed by atoms with Crippen molar-refractivity contribution < 1.29 is 8.42 Å². The molecule has 0 aliphatic carbocycles. The second-order valence-electron chi connectivity index (χ2n) is 7.17. The van der Waals surface area contributed by atoms with Crippen LogP contribution < -0.4 is 4.90 Å². The Morgan fingerprint density at radius 3 is 2.48 bits per heavy atom. The van der Waals surface area contributed by atoms with Gasteiger partial charge in [0, 0.05) is 44.3 Å². The zero-order valence-electron chi connectivity index (χ0n) is 16.8. The van der Waals surface area contributed by atoms with Crippen LogP contribution >= 0.6 is 0 Å². The van der Waals surface area contributed by atoms with Crippen molar-refractivity contribution in [2.45, 2.75) is 31.7 Å². The fraction of sp³-hybridized carbons (Fsp3) is 0.318. The first-order valence-electron chi connectivity index (χ1n) is 10.00. The number of sulfonamides is 1. The number of benzene rings is 2. The maximum atomic E-state index is 12.8. The van der Waals surface area contributed by atoms with Crippen LogP contribution in [0.3, 0.4) is 0 Å². The van der Waals surface area contributed by atoms with Gasteiger partial charge >= 0.3 is 0 Å². The molecule has 0 saturated heterocycles. The molecule has 2 heterocycles. The quantitative estimate of drug-likeness (QED) is 0.599. The third-order valence-electron chi connectivity index (χ3n) is 5.46. The molecule has 0 bridgehead atoms. The van der Waals surface area contributed by atoms with Crippen LogP contribution in [-0.4, -0.2) is 42.1 Å². The standard InChI is InChI=1S/C22H26N4O2S/c1-3-25(4-2)29(27,28)21-10-11-22-19(16-21)12-15-24(22)17-18-6-8-20(9-7-18)26-14-5-13-23-26/h5-11,13-14,16H,3-4,12,15,17H2,1-2H3. The molecule has 0 fully saturated rings. The monoisotopic (exact) mass is 410 g/mol. The van der Waals surface area contributed by atoms with Gasteiger partial charge in [-0.25, -0.2) is 13.1 Å². The molecule has 1 aromatic heterocycles.